The van der Waals surface area contributed by atoms with Gasteiger partial charge in [0.2, 0.25) is 0 Å². The molecule has 1 aliphatic carbocycles. The van der Waals surface area contributed by atoms with Crippen LogP contribution < -0.4 is 5.32 Å². The zero-order valence-electron chi connectivity index (χ0n) is 10.7. The third kappa shape index (κ3) is 2.01. The van der Waals surface area contributed by atoms with Gasteiger partial charge in [0, 0.05) is 50.3 Å². The van der Waals surface area contributed by atoms with Crippen molar-refractivity contribution in [1.82, 2.24) is 15.1 Å². The SMILES string of the molecule is CC1(C)CC(N2CCNCC2)CN1C1CC1. The molecule has 0 aromatic carbocycles. The van der Waals surface area contributed by atoms with Crippen LogP contribution in [-0.4, -0.2) is 60.1 Å². The largest absolute Gasteiger partial charge is 0.314 e. The second kappa shape index (κ2) is 3.97. The Morgan fingerprint density at radius 3 is 2.38 bits per heavy atom. The second-order valence-electron chi connectivity index (χ2n) is 6.34. The van der Waals surface area contributed by atoms with Gasteiger partial charge in [-0.3, -0.25) is 9.80 Å². The van der Waals surface area contributed by atoms with Crippen molar-refractivity contribution in [3.63, 3.8) is 0 Å². The van der Waals surface area contributed by atoms with Crippen molar-refractivity contribution in [2.75, 3.05) is 32.7 Å². The van der Waals surface area contributed by atoms with Crippen LogP contribution in [0.5, 0.6) is 0 Å². The van der Waals surface area contributed by atoms with Crippen LogP contribution in [0.3, 0.4) is 0 Å². The van der Waals surface area contributed by atoms with Gasteiger partial charge in [0.05, 0.1) is 0 Å². The molecule has 92 valence electrons. The van der Waals surface area contributed by atoms with Crippen LogP contribution in [0.25, 0.3) is 0 Å². The first-order valence-corrected chi connectivity index (χ1v) is 6.88. The smallest absolute Gasteiger partial charge is 0.0241 e. The van der Waals surface area contributed by atoms with Crippen LogP contribution in [0.2, 0.25) is 0 Å². The molecule has 0 bridgehead atoms. The van der Waals surface area contributed by atoms with E-state index in [1.54, 1.807) is 0 Å². The minimum Gasteiger partial charge on any atom is -0.314 e. The van der Waals surface area contributed by atoms with E-state index in [9.17, 15) is 0 Å². The highest BCUT2D eigenvalue weighted by Crippen LogP contribution is 2.40. The first-order chi connectivity index (χ1) is 7.67. The van der Waals surface area contributed by atoms with E-state index in [-0.39, 0.29) is 0 Å². The van der Waals surface area contributed by atoms with Gasteiger partial charge >= 0.3 is 0 Å². The van der Waals surface area contributed by atoms with Gasteiger partial charge < -0.3 is 5.32 Å². The Kier molecular flexibility index (Phi) is 2.73. The van der Waals surface area contributed by atoms with Crippen molar-refractivity contribution < 1.29 is 0 Å². The average molecular weight is 223 g/mol. The van der Waals surface area contributed by atoms with Crippen LogP contribution in [-0.2, 0) is 0 Å². The van der Waals surface area contributed by atoms with Crippen LogP contribution >= 0.6 is 0 Å². The van der Waals surface area contributed by atoms with E-state index >= 15 is 0 Å². The number of likely N-dealkylation sites (tertiary alicyclic amines) is 1. The summed E-state index contributed by atoms with van der Waals surface area (Å²) in [4.78, 5) is 5.49. The summed E-state index contributed by atoms with van der Waals surface area (Å²) in [6, 6.07) is 1.74. The molecule has 1 unspecified atom stereocenters. The summed E-state index contributed by atoms with van der Waals surface area (Å²) in [5, 5.41) is 3.45. The fourth-order valence-corrected chi connectivity index (χ4v) is 3.55. The van der Waals surface area contributed by atoms with Crippen molar-refractivity contribution in [3.8, 4) is 0 Å². The van der Waals surface area contributed by atoms with Gasteiger partial charge in [0.25, 0.3) is 0 Å². The fourth-order valence-electron chi connectivity index (χ4n) is 3.55. The lowest BCUT2D eigenvalue weighted by atomic mass is 9.99. The molecule has 0 spiro atoms. The van der Waals surface area contributed by atoms with Gasteiger partial charge in [-0.2, -0.15) is 0 Å². The molecule has 16 heavy (non-hydrogen) atoms. The zero-order valence-corrected chi connectivity index (χ0v) is 10.7. The lowest BCUT2D eigenvalue weighted by molar-refractivity contribution is 0.156. The summed E-state index contributed by atoms with van der Waals surface area (Å²) in [6.07, 6.45) is 4.25. The monoisotopic (exact) mass is 223 g/mol. The average Bonchev–Trinajstić information content (AvgIpc) is 3.04. The normalized spacial score (nSPS) is 36.8. The third-order valence-electron chi connectivity index (χ3n) is 4.58. The maximum Gasteiger partial charge on any atom is 0.0241 e. The van der Waals surface area contributed by atoms with Crippen molar-refractivity contribution in [3.05, 3.63) is 0 Å². The van der Waals surface area contributed by atoms with Gasteiger partial charge in [-0.25, -0.2) is 0 Å². The first-order valence-electron chi connectivity index (χ1n) is 6.88. The topological polar surface area (TPSA) is 18.5 Å². The molecule has 3 nitrogen and oxygen atoms in total. The molecule has 0 amide bonds. The summed E-state index contributed by atoms with van der Waals surface area (Å²) < 4.78 is 0. The lowest BCUT2D eigenvalue weighted by Crippen LogP contribution is -2.49. The number of hydrogen-bond acceptors (Lipinski definition) is 3. The molecule has 0 aromatic heterocycles. The Bertz CT molecular complexity index is 254. The fraction of sp³-hybridized carbons (Fsp3) is 1.00. The Balaban J connectivity index is 1.65. The van der Waals surface area contributed by atoms with Crippen molar-refractivity contribution >= 4 is 0 Å². The minimum absolute atomic E-state index is 0.441. The van der Waals surface area contributed by atoms with Crippen LogP contribution in [0, 0.1) is 0 Å². The number of rotatable bonds is 2. The van der Waals surface area contributed by atoms with Crippen LogP contribution in [0.15, 0.2) is 0 Å². The molecule has 2 heterocycles. The van der Waals surface area contributed by atoms with E-state index in [1.807, 2.05) is 0 Å². The summed E-state index contributed by atoms with van der Waals surface area (Å²) in [6.45, 7) is 11.1. The van der Waals surface area contributed by atoms with E-state index in [4.69, 9.17) is 0 Å². The van der Waals surface area contributed by atoms with E-state index in [0.717, 1.165) is 12.1 Å². The highest BCUT2D eigenvalue weighted by molar-refractivity contribution is 5.03. The number of nitrogens with one attached hydrogen (secondary N) is 1. The quantitative estimate of drug-likeness (QED) is 0.750. The molecule has 3 fully saturated rings. The molecule has 2 aliphatic heterocycles. The van der Waals surface area contributed by atoms with Gasteiger partial charge in [0.1, 0.15) is 0 Å². The molecule has 3 heteroatoms. The molecule has 0 aromatic rings. The van der Waals surface area contributed by atoms with Crippen molar-refractivity contribution in [2.24, 2.45) is 0 Å². The van der Waals surface area contributed by atoms with Gasteiger partial charge in [-0.15, -0.1) is 0 Å². The maximum atomic E-state index is 3.45. The second-order valence-corrected chi connectivity index (χ2v) is 6.34. The molecule has 1 N–H and O–H groups in total. The molecule has 1 saturated carbocycles. The maximum absolute atomic E-state index is 3.45. The Hall–Kier alpha value is -0.120. The van der Waals surface area contributed by atoms with Crippen LogP contribution in [0.4, 0.5) is 0 Å². The molecular formula is C13H25N3. The van der Waals surface area contributed by atoms with Gasteiger partial charge in [0.15, 0.2) is 0 Å². The minimum atomic E-state index is 0.441. The summed E-state index contributed by atoms with van der Waals surface area (Å²) in [7, 11) is 0. The van der Waals surface area contributed by atoms with Crippen LogP contribution in [0.1, 0.15) is 33.1 Å². The van der Waals surface area contributed by atoms with Gasteiger partial charge in [-0.1, -0.05) is 0 Å². The number of hydrogen-bond donors (Lipinski definition) is 1. The zero-order chi connectivity index (χ0) is 11.2. The van der Waals surface area contributed by atoms with Gasteiger partial charge in [-0.05, 0) is 33.1 Å². The summed E-state index contributed by atoms with van der Waals surface area (Å²) in [5.41, 5.74) is 0.441. The van der Waals surface area contributed by atoms with E-state index < -0.39 is 0 Å². The Morgan fingerprint density at radius 1 is 1.06 bits per heavy atom. The highest BCUT2D eigenvalue weighted by atomic mass is 15.3. The third-order valence-corrected chi connectivity index (χ3v) is 4.58. The molecule has 3 aliphatic rings. The molecule has 3 rings (SSSR count). The lowest BCUT2D eigenvalue weighted by Gasteiger charge is -2.32. The Morgan fingerprint density at radius 2 is 1.75 bits per heavy atom. The molecule has 1 atom stereocenters. The molecular weight excluding hydrogens is 198 g/mol. The summed E-state index contributed by atoms with van der Waals surface area (Å²) >= 11 is 0. The predicted molar refractivity (Wildman–Crippen MR) is 66.7 cm³/mol. The number of piperazine rings is 1. The highest BCUT2D eigenvalue weighted by Gasteiger charge is 2.46. The Labute approximate surface area is 99.2 Å². The molecule has 0 radical (unpaired) electrons. The first kappa shape index (κ1) is 11.0. The van der Waals surface area contributed by atoms with Crippen molar-refractivity contribution in [1.29, 1.82) is 0 Å². The predicted octanol–water partition coefficient (Wildman–Crippen LogP) is 0.907. The van der Waals surface area contributed by atoms with E-state index in [0.29, 0.717) is 5.54 Å². The summed E-state index contributed by atoms with van der Waals surface area (Å²) in [5.74, 6) is 0. The standard InChI is InChI=1S/C13H25N3/c1-13(2)9-12(10-16(13)11-3-4-11)15-7-5-14-6-8-15/h11-12,14H,3-10H2,1-2H3. The van der Waals surface area contributed by atoms with Crippen molar-refractivity contribution in [2.45, 2.75) is 50.7 Å². The van der Waals surface area contributed by atoms with E-state index in [2.05, 4.69) is 29.0 Å². The molecule has 2 saturated heterocycles. The number of nitrogens with zero attached hydrogens (tertiary/aromatic N) is 2. The van der Waals surface area contributed by atoms with E-state index in [1.165, 1.54) is 52.0 Å².